The monoisotopic (exact) mass is 524 g/mol. The van der Waals surface area contributed by atoms with Crippen molar-refractivity contribution in [3.63, 3.8) is 0 Å². The van der Waals surface area contributed by atoms with E-state index >= 15 is 0 Å². The quantitative estimate of drug-likeness (QED) is 0.216. The molecule has 192 valence electrons. The molecule has 3 aromatic rings. The largest absolute Gasteiger partial charge is 0.457 e. The molecule has 0 radical (unpaired) electrons. The second-order valence-electron chi connectivity index (χ2n) is 8.98. The number of nitrogens with zero attached hydrogens (tertiary/aromatic N) is 3. The molecule has 12 heteroatoms. The van der Waals surface area contributed by atoms with Crippen LogP contribution in [-0.2, 0) is 37.8 Å². The standard InChI is InChI=1S/C25H24N4O7S/c1-3-25(36-23(31)17(26)7-8-37-2)16-10-20-21-13(11-28(20)22(30)15(16)12-35-24(25)32)9-14-18(27-21)5-4-6-19(14)29(33)34/h4-6,9-10,17H,3,7-8,11-12,26H2,1-2H3/t17-,25?/m0/s1. The summed E-state index contributed by atoms with van der Waals surface area (Å²) in [4.78, 5) is 55.2. The van der Waals surface area contributed by atoms with Gasteiger partial charge in [0.15, 0.2) is 0 Å². The lowest BCUT2D eigenvalue weighted by Crippen LogP contribution is -2.49. The highest BCUT2D eigenvalue weighted by Gasteiger charge is 2.51. The van der Waals surface area contributed by atoms with Crippen molar-refractivity contribution in [1.29, 1.82) is 0 Å². The summed E-state index contributed by atoms with van der Waals surface area (Å²) >= 11 is 1.53. The van der Waals surface area contributed by atoms with Gasteiger partial charge >= 0.3 is 11.9 Å². The van der Waals surface area contributed by atoms with Crippen LogP contribution in [0.1, 0.15) is 36.5 Å². The van der Waals surface area contributed by atoms with Crippen LogP contribution in [0.4, 0.5) is 5.69 Å². The third-order valence-corrected chi connectivity index (χ3v) is 7.55. The van der Waals surface area contributed by atoms with E-state index < -0.39 is 34.1 Å². The van der Waals surface area contributed by atoms with Crippen LogP contribution in [0.5, 0.6) is 0 Å². The predicted octanol–water partition coefficient (Wildman–Crippen LogP) is 2.62. The van der Waals surface area contributed by atoms with Crippen molar-refractivity contribution in [3.05, 3.63) is 67.5 Å². The molecule has 0 spiro atoms. The summed E-state index contributed by atoms with van der Waals surface area (Å²) in [5, 5.41) is 11.9. The Hall–Kier alpha value is -3.77. The maximum absolute atomic E-state index is 13.6. The van der Waals surface area contributed by atoms with Gasteiger partial charge in [-0.25, -0.2) is 9.78 Å². The average molecular weight is 525 g/mol. The molecule has 37 heavy (non-hydrogen) atoms. The van der Waals surface area contributed by atoms with Gasteiger partial charge < -0.3 is 19.8 Å². The second kappa shape index (κ2) is 9.27. The number of fused-ring (bicyclic) bond motifs is 5. The van der Waals surface area contributed by atoms with Crippen LogP contribution < -0.4 is 11.3 Å². The van der Waals surface area contributed by atoms with E-state index in [2.05, 4.69) is 4.98 Å². The third-order valence-electron chi connectivity index (χ3n) is 6.90. The van der Waals surface area contributed by atoms with Crippen LogP contribution >= 0.6 is 11.8 Å². The van der Waals surface area contributed by atoms with Crippen molar-refractivity contribution in [2.75, 3.05) is 12.0 Å². The maximum atomic E-state index is 13.6. The first-order valence-electron chi connectivity index (χ1n) is 11.7. The number of esters is 2. The molecule has 4 heterocycles. The molecule has 1 unspecified atom stereocenters. The molecule has 0 saturated heterocycles. The van der Waals surface area contributed by atoms with E-state index in [9.17, 15) is 24.5 Å². The summed E-state index contributed by atoms with van der Waals surface area (Å²) < 4.78 is 12.6. The zero-order chi connectivity index (χ0) is 26.5. The lowest BCUT2D eigenvalue weighted by Gasteiger charge is -2.36. The van der Waals surface area contributed by atoms with Gasteiger partial charge in [0.05, 0.1) is 39.3 Å². The van der Waals surface area contributed by atoms with E-state index in [1.165, 1.54) is 22.4 Å². The molecule has 2 aliphatic rings. The van der Waals surface area contributed by atoms with E-state index in [1.807, 2.05) is 6.26 Å². The first-order chi connectivity index (χ1) is 17.7. The summed E-state index contributed by atoms with van der Waals surface area (Å²) in [5.74, 6) is -0.879. The first-order valence-corrected chi connectivity index (χ1v) is 13.1. The molecule has 1 aromatic carbocycles. The van der Waals surface area contributed by atoms with Crippen LogP contribution in [-0.4, -0.2) is 44.5 Å². The molecular formula is C25H24N4O7S. The van der Waals surface area contributed by atoms with Crippen molar-refractivity contribution >= 4 is 40.3 Å². The Morgan fingerprint density at radius 1 is 1.38 bits per heavy atom. The molecule has 11 nitrogen and oxygen atoms in total. The van der Waals surface area contributed by atoms with Gasteiger partial charge in [-0.05, 0) is 43.0 Å². The lowest BCUT2D eigenvalue weighted by molar-refractivity contribution is -0.383. The van der Waals surface area contributed by atoms with E-state index in [-0.39, 0.29) is 36.4 Å². The minimum atomic E-state index is -1.82. The molecule has 2 atom stereocenters. The van der Waals surface area contributed by atoms with Crippen LogP contribution in [0.15, 0.2) is 35.1 Å². The summed E-state index contributed by atoms with van der Waals surface area (Å²) in [5.41, 5.74) is 6.09. The van der Waals surface area contributed by atoms with Crippen molar-refractivity contribution < 1.29 is 24.0 Å². The average Bonchev–Trinajstić information content (AvgIpc) is 3.25. The fourth-order valence-corrected chi connectivity index (χ4v) is 5.40. The number of carbonyl (C=O) groups is 2. The number of nitrogens with two attached hydrogens (primary N) is 1. The lowest BCUT2D eigenvalue weighted by atomic mass is 9.85. The van der Waals surface area contributed by atoms with Crippen molar-refractivity contribution in [2.45, 2.75) is 44.6 Å². The Morgan fingerprint density at radius 3 is 2.86 bits per heavy atom. The van der Waals surface area contributed by atoms with Crippen LogP contribution in [0.3, 0.4) is 0 Å². The number of nitro benzene ring substituents is 1. The Labute approximate surface area is 215 Å². The fourth-order valence-electron chi connectivity index (χ4n) is 4.91. The molecule has 0 fully saturated rings. The molecular weight excluding hydrogens is 500 g/mol. The van der Waals surface area contributed by atoms with E-state index in [0.717, 1.165) is 0 Å². The zero-order valence-electron chi connectivity index (χ0n) is 20.2. The number of nitro groups is 1. The number of thioether (sulfide) groups is 1. The molecule has 2 aromatic heterocycles. The summed E-state index contributed by atoms with van der Waals surface area (Å²) in [6.07, 6.45) is 2.29. The molecule has 0 aliphatic carbocycles. The first kappa shape index (κ1) is 24.9. The number of pyridine rings is 2. The minimum Gasteiger partial charge on any atom is -0.457 e. The Balaban J connectivity index is 1.66. The van der Waals surface area contributed by atoms with Gasteiger partial charge in [-0.3, -0.25) is 19.7 Å². The number of rotatable bonds is 7. The van der Waals surface area contributed by atoms with E-state index in [1.54, 1.807) is 31.2 Å². The number of cyclic esters (lactones) is 1. The number of hydrogen-bond donors (Lipinski definition) is 1. The second-order valence-corrected chi connectivity index (χ2v) is 9.96. The van der Waals surface area contributed by atoms with Gasteiger partial charge in [-0.1, -0.05) is 13.0 Å². The SMILES string of the molecule is CCC1(OC(=O)[C@@H](N)CCSC)C(=O)OCc2c1cc1n(c2=O)Cc2cc3c([N+](=O)[O-])cccc3nc2-1. The number of carbonyl (C=O) groups excluding carboxylic acids is 2. The molecule has 5 rings (SSSR count). The van der Waals surface area contributed by atoms with Gasteiger partial charge in [-0.15, -0.1) is 0 Å². The summed E-state index contributed by atoms with van der Waals surface area (Å²) in [6, 6.07) is 6.98. The van der Waals surface area contributed by atoms with Gasteiger partial charge in [0.25, 0.3) is 11.2 Å². The van der Waals surface area contributed by atoms with Gasteiger partial charge in [-0.2, -0.15) is 11.8 Å². The normalized spacial score (nSPS) is 18.5. The molecule has 2 aliphatic heterocycles. The molecule has 2 N–H and O–H groups in total. The highest BCUT2D eigenvalue weighted by molar-refractivity contribution is 7.98. The zero-order valence-corrected chi connectivity index (χ0v) is 21.0. The summed E-state index contributed by atoms with van der Waals surface area (Å²) in [7, 11) is 0. The van der Waals surface area contributed by atoms with Crippen molar-refractivity contribution in [1.82, 2.24) is 9.55 Å². The van der Waals surface area contributed by atoms with Crippen molar-refractivity contribution in [2.24, 2.45) is 5.73 Å². The minimum absolute atomic E-state index is 0.0346. The molecule has 0 saturated carbocycles. The fraction of sp³-hybridized carbons (Fsp3) is 0.360. The number of aromatic nitrogens is 2. The van der Waals surface area contributed by atoms with Crippen LogP contribution in [0.2, 0.25) is 0 Å². The number of non-ortho nitro benzene ring substituents is 1. The predicted molar refractivity (Wildman–Crippen MR) is 136 cm³/mol. The van der Waals surface area contributed by atoms with Crippen LogP contribution in [0, 0.1) is 10.1 Å². The third kappa shape index (κ3) is 3.87. The Bertz CT molecular complexity index is 1540. The highest BCUT2D eigenvalue weighted by atomic mass is 32.2. The highest BCUT2D eigenvalue weighted by Crippen LogP contribution is 2.41. The van der Waals surface area contributed by atoms with Gasteiger partial charge in [0.1, 0.15) is 12.6 Å². The maximum Gasteiger partial charge on any atom is 0.355 e. The molecule has 0 bridgehead atoms. The topological polar surface area (TPSA) is 157 Å². The number of hydrogen-bond acceptors (Lipinski definition) is 10. The van der Waals surface area contributed by atoms with Crippen LogP contribution in [0.25, 0.3) is 22.3 Å². The van der Waals surface area contributed by atoms with Gasteiger partial charge in [0, 0.05) is 17.2 Å². The Kier molecular flexibility index (Phi) is 6.24. The smallest absolute Gasteiger partial charge is 0.355 e. The van der Waals surface area contributed by atoms with E-state index in [4.69, 9.17) is 15.2 Å². The van der Waals surface area contributed by atoms with E-state index in [0.29, 0.717) is 40.0 Å². The number of benzene rings is 1. The van der Waals surface area contributed by atoms with Gasteiger partial charge in [0.2, 0.25) is 5.60 Å². The Morgan fingerprint density at radius 2 is 2.16 bits per heavy atom. The summed E-state index contributed by atoms with van der Waals surface area (Å²) in [6.45, 7) is 1.56. The molecule has 0 amide bonds. The number of ether oxygens (including phenoxy) is 2. The van der Waals surface area contributed by atoms with Crippen molar-refractivity contribution in [3.8, 4) is 11.4 Å².